The fraction of sp³-hybridized carbons (Fsp3) is 0.167. The van der Waals surface area contributed by atoms with Gasteiger partial charge in [-0.15, -0.1) is 0 Å². The second-order valence-electron chi connectivity index (χ2n) is 3.42. The molecule has 0 spiro atoms. The van der Waals surface area contributed by atoms with Crippen LogP contribution in [-0.2, 0) is 0 Å². The van der Waals surface area contributed by atoms with E-state index >= 15 is 0 Å². The summed E-state index contributed by atoms with van der Waals surface area (Å²) in [5, 5.41) is 10.4. The number of carboxylic acids is 1. The molecule has 5 nitrogen and oxygen atoms in total. The third-order valence-corrected chi connectivity index (χ3v) is 2.49. The van der Waals surface area contributed by atoms with Crippen LogP contribution in [0.25, 0.3) is 10.8 Å². The van der Waals surface area contributed by atoms with E-state index in [0.717, 1.165) is 5.39 Å². The number of hydrogen-bond donors (Lipinski definition) is 1. The SMILES string of the molecule is COc1cc(C(=O)O)cc2c(OC)cncc12. The molecule has 0 saturated carbocycles. The molecule has 88 valence electrons. The van der Waals surface area contributed by atoms with Gasteiger partial charge >= 0.3 is 5.97 Å². The molecule has 0 aliphatic carbocycles. The van der Waals surface area contributed by atoms with Crippen molar-refractivity contribution in [1.29, 1.82) is 0 Å². The van der Waals surface area contributed by atoms with Crippen LogP contribution in [0.15, 0.2) is 24.5 Å². The van der Waals surface area contributed by atoms with Crippen LogP contribution < -0.4 is 9.47 Å². The lowest BCUT2D eigenvalue weighted by molar-refractivity contribution is 0.0696. The molecule has 1 aromatic carbocycles. The molecule has 5 heteroatoms. The lowest BCUT2D eigenvalue weighted by Crippen LogP contribution is -1.99. The number of nitrogens with zero attached hydrogens (tertiary/aromatic N) is 1. The first-order valence-corrected chi connectivity index (χ1v) is 4.90. The maximum atomic E-state index is 11.0. The van der Waals surface area contributed by atoms with Gasteiger partial charge < -0.3 is 14.6 Å². The number of ether oxygens (including phenoxy) is 2. The quantitative estimate of drug-likeness (QED) is 0.877. The van der Waals surface area contributed by atoms with Crippen LogP contribution in [0.4, 0.5) is 0 Å². The molecule has 0 atom stereocenters. The number of aromatic nitrogens is 1. The number of hydrogen-bond acceptors (Lipinski definition) is 4. The van der Waals surface area contributed by atoms with Crippen molar-refractivity contribution >= 4 is 16.7 Å². The molecule has 0 aliphatic rings. The first-order chi connectivity index (χ1) is 8.17. The summed E-state index contributed by atoms with van der Waals surface area (Å²) >= 11 is 0. The monoisotopic (exact) mass is 233 g/mol. The number of fused-ring (bicyclic) bond motifs is 1. The van der Waals surface area contributed by atoms with Crippen molar-refractivity contribution < 1.29 is 19.4 Å². The fourth-order valence-electron chi connectivity index (χ4n) is 1.67. The zero-order valence-corrected chi connectivity index (χ0v) is 9.43. The summed E-state index contributed by atoms with van der Waals surface area (Å²) < 4.78 is 10.3. The minimum atomic E-state index is -1.01. The second kappa shape index (κ2) is 4.29. The van der Waals surface area contributed by atoms with Gasteiger partial charge in [-0.25, -0.2) is 4.79 Å². The third kappa shape index (κ3) is 1.87. The van der Waals surface area contributed by atoms with E-state index in [1.54, 1.807) is 12.3 Å². The van der Waals surface area contributed by atoms with E-state index in [2.05, 4.69) is 4.98 Å². The van der Waals surface area contributed by atoms with E-state index in [1.807, 2.05) is 0 Å². The maximum Gasteiger partial charge on any atom is 0.335 e. The van der Waals surface area contributed by atoms with Crippen molar-refractivity contribution in [2.75, 3.05) is 14.2 Å². The molecule has 0 fully saturated rings. The Morgan fingerprint density at radius 2 is 1.82 bits per heavy atom. The highest BCUT2D eigenvalue weighted by atomic mass is 16.5. The lowest BCUT2D eigenvalue weighted by Gasteiger charge is -2.09. The summed E-state index contributed by atoms with van der Waals surface area (Å²) in [6.07, 6.45) is 3.15. The van der Waals surface area contributed by atoms with Gasteiger partial charge in [0.05, 0.1) is 26.0 Å². The van der Waals surface area contributed by atoms with Crippen LogP contribution in [0.5, 0.6) is 11.5 Å². The number of benzene rings is 1. The molecule has 17 heavy (non-hydrogen) atoms. The van der Waals surface area contributed by atoms with E-state index in [1.165, 1.54) is 26.5 Å². The molecule has 0 unspecified atom stereocenters. The highest BCUT2D eigenvalue weighted by Gasteiger charge is 2.12. The predicted molar refractivity (Wildman–Crippen MR) is 61.8 cm³/mol. The van der Waals surface area contributed by atoms with Gasteiger partial charge in [0.25, 0.3) is 0 Å². The van der Waals surface area contributed by atoms with Crippen LogP contribution in [0, 0.1) is 0 Å². The van der Waals surface area contributed by atoms with Crippen molar-refractivity contribution in [3.05, 3.63) is 30.1 Å². The summed E-state index contributed by atoms with van der Waals surface area (Å²) in [5.41, 5.74) is 0.152. The highest BCUT2D eigenvalue weighted by Crippen LogP contribution is 2.32. The minimum absolute atomic E-state index is 0.152. The van der Waals surface area contributed by atoms with E-state index < -0.39 is 5.97 Å². The zero-order valence-electron chi connectivity index (χ0n) is 9.43. The van der Waals surface area contributed by atoms with Crippen molar-refractivity contribution in [3.63, 3.8) is 0 Å². The number of carboxylic acid groups (broad SMARTS) is 1. The molecule has 1 N–H and O–H groups in total. The van der Waals surface area contributed by atoms with E-state index in [9.17, 15) is 4.79 Å². The van der Waals surface area contributed by atoms with Gasteiger partial charge in [0, 0.05) is 17.0 Å². The van der Waals surface area contributed by atoms with E-state index in [-0.39, 0.29) is 5.56 Å². The highest BCUT2D eigenvalue weighted by molar-refractivity contribution is 5.99. The molecular weight excluding hydrogens is 222 g/mol. The Hall–Kier alpha value is -2.30. The largest absolute Gasteiger partial charge is 0.496 e. The molecular formula is C12H11NO4. The van der Waals surface area contributed by atoms with Gasteiger partial charge in [0.2, 0.25) is 0 Å². The zero-order chi connectivity index (χ0) is 12.4. The van der Waals surface area contributed by atoms with Crippen molar-refractivity contribution in [2.45, 2.75) is 0 Å². The Bertz CT molecular complexity index is 580. The molecule has 2 rings (SSSR count). The van der Waals surface area contributed by atoms with Crippen LogP contribution >= 0.6 is 0 Å². The molecule has 1 heterocycles. The smallest absolute Gasteiger partial charge is 0.335 e. The van der Waals surface area contributed by atoms with Gasteiger partial charge in [-0.3, -0.25) is 4.98 Å². The number of rotatable bonds is 3. The summed E-state index contributed by atoms with van der Waals surface area (Å²) in [6.45, 7) is 0. The third-order valence-electron chi connectivity index (χ3n) is 2.49. The second-order valence-corrected chi connectivity index (χ2v) is 3.42. The predicted octanol–water partition coefficient (Wildman–Crippen LogP) is 1.95. The minimum Gasteiger partial charge on any atom is -0.496 e. The first-order valence-electron chi connectivity index (χ1n) is 4.90. The number of carbonyl (C=O) groups is 1. The Morgan fingerprint density at radius 1 is 1.12 bits per heavy atom. The Kier molecular flexibility index (Phi) is 2.82. The summed E-state index contributed by atoms with van der Waals surface area (Å²) in [7, 11) is 3.00. The standard InChI is InChI=1S/C12H11NO4/c1-16-10-4-7(12(14)15)3-8-9(10)5-13-6-11(8)17-2/h3-6H,1-2H3,(H,14,15). The molecule has 0 saturated heterocycles. The molecule has 0 bridgehead atoms. The number of aromatic carboxylic acids is 1. The van der Waals surface area contributed by atoms with Crippen LogP contribution in [-0.4, -0.2) is 30.3 Å². The average Bonchev–Trinajstić information content (AvgIpc) is 2.36. The van der Waals surface area contributed by atoms with E-state index in [4.69, 9.17) is 14.6 Å². The molecule has 0 aliphatic heterocycles. The number of methoxy groups -OCH3 is 2. The topological polar surface area (TPSA) is 68.7 Å². The van der Waals surface area contributed by atoms with E-state index in [0.29, 0.717) is 16.9 Å². The van der Waals surface area contributed by atoms with Crippen LogP contribution in [0.2, 0.25) is 0 Å². The van der Waals surface area contributed by atoms with Gasteiger partial charge in [-0.05, 0) is 12.1 Å². The molecule has 1 aromatic heterocycles. The first kappa shape index (κ1) is 11.2. The molecule has 0 radical (unpaired) electrons. The molecule has 0 amide bonds. The summed E-state index contributed by atoms with van der Waals surface area (Å²) in [4.78, 5) is 15.0. The fourth-order valence-corrected chi connectivity index (χ4v) is 1.67. The Balaban J connectivity index is 2.82. The Labute approximate surface area is 97.6 Å². The van der Waals surface area contributed by atoms with Crippen molar-refractivity contribution in [3.8, 4) is 11.5 Å². The van der Waals surface area contributed by atoms with Gasteiger partial charge in [0.15, 0.2) is 0 Å². The average molecular weight is 233 g/mol. The van der Waals surface area contributed by atoms with Gasteiger partial charge in [-0.2, -0.15) is 0 Å². The van der Waals surface area contributed by atoms with Gasteiger partial charge in [-0.1, -0.05) is 0 Å². The maximum absolute atomic E-state index is 11.0. The molecule has 2 aromatic rings. The lowest BCUT2D eigenvalue weighted by atomic mass is 10.1. The number of pyridine rings is 1. The van der Waals surface area contributed by atoms with Crippen molar-refractivity contribution in [2.24, 2.45) is 0 Å². The van der Waals surface area contributed by atoms with Gasteiger partial charge in [0.1, 0.15) is 11.5 Å². The van der Waals surface area contributed by atoms with Crippen LogP contribution in [0.1, 0.15) is 10.4 Å². The summed E-state index contributed by atoms with van der Waals surface area (Å²) in [6, 6.07) is 3.01. The normalized spacial score (nSPS) is 10.2. The van der Waals surface area contributed by atoms with Crippen molar-refractivity contribution in [1.82, 2.24) is 4.98 Å². The Morgan fingerprint density at radius 3 is 2.41 bits per heavy atom. The summed E-state index contributed by atoms with van der Waals surface area (Å²) in [5.74, 6) is -0.0285. The van der Waals surface area contributed by atoms with Crippen LogP contribution in [0.3, 0.4) is 0 Å².